The van der Waals surface area contributed by atoms with Gasteiger partial charge in [-0.25, -0.2) is 16.8 Å². The Balaban J connectivity index is 1.72. The molecule has 0 amide bonds. The van der Waals surface area contributed by atoms with Crippen molar-refractivity contribution >= 4 is 20.0 Å². The molecule has 9 nitrogen and oxygen atoms in total. The quantitative estimate of drug-likeness (QED) is 0.686. The molecule has 0 aliphatic carbocycles. The highest BCUT2D eigenvalue weighted by Crippen LogP contribution is 2.23. The first-order valence-corrected chi connectivity index (χ1v) is 11.3. The zero-order valence-corrected chi connectivity index (χ0v) is 16.8. The van der Waals surface area contributed by atoms with E-state index in [9.17, 15) is 16.8 Å². The molecule has 0 N–H and O–H groups in total. The summed E-state index contributed by atoms with van der Waals surface area (Å²) in [5, 5.41) is 4.00. The number of aromatic nitrogens is 2. The molecular formula is C16H22N4O5S2. The van der Waals surface area contributed by atoms with Crippen LogP contribution in [0.25, 0.3) is 0 Å². The summed E-state index contributed by atoms with van der Waals surface area (Å²) in [6.07, 6.45) is 2.80. The number of piperazine rings is 1. The Morgan fingerprint density at radius 2 is 1.44 bits per heavy atom. The highest BCUT2D eigenvalue weighted by molar-refractivity contribution is 7.89. The van der Waals surface area contributed by atoms with Crippen LogP contribution in [0.3, 0.4) is 0 Å². The lowest BCUT2D eigenvalue weighted by Crippen LogP contribution is -2.50. The summed E-state index contributed by atoms with van der Waals surface area (Å²) in [4.78, 5) is 0.277. The molecule has 1 aliphatic rings. The normalized spacial score (nSPS) is 17.1. The third kappa shape index (κ3) is 3.86. The molecule has 2 aromatic rings. The zero-order valence-electron chi connectivity index (χ0n) is 15.1. The highest BCUT2D eigenvalue weighted by Gasteiger charge is 2.34. The summed E-state index contributed by atoms with van der Waals surface area (Å²) < 4.78 is 60.1. The van der Waals surface area contributed by atoms with Crippen molar-refractivity contribution in [2.75, 3.05) is 33.3 Å². The van der Waals surface area contributed by atoms with Crippen molar-refractivity contribution in [2.24, 2.45) is 0 Å². The van der Waals surface area contributed by atoms with Gasteiger partial charge in [0, 0.05) is 38.9 Å². The highest BCUT2D eigenvalue weighted by atomic mass is 32.2. The Morgan fingerprint density at radius 1 is 0.926 bits per heavy atom. The second-order valence-electron chi connectivity index (χ2n) is 6.02. The molecule has 1 saturated heterocycles. The van der Waals surface area contributed by atoms with E-state index in [1.807, 2.05) is 6.92 Å². The van der Waals surface area contributed by atoms with E-state index >= 15 is 0 Å². The van der Waals surface area contributed by atoms with Crippen LogP contribution in [0.2, 0.25) is 0 Å². The average molecular weight is 415 g/mol. The monoisotopic (exact) mass is 414 g/mol. The Hall–Kier alpha value is -1.95. The third-order valence-corrected chi connectivity index (χ3v) is 8.23. The van der Waals surface area contributed by atoms with Crippen molar-refractivity contribution < 1.29 is 21.6 Å². The van der Waals surface area contributed by atoms with Gasteiger partial charge in [-0.3, -0.25) is 4.68 Å². The predicted molar refractivity (Wildman–Crippen MR) is 98.4 cm³/mol. The number of rotatable bonds is 6. The largest absolute Gasteiger partial charge is 0.497 e. The van der Waals surface area contributed by atoms with Gasteiger partial charge in [-0.1, -0.05) is 0 Å². The van der Waals surface area contributed by atoms with Gasteiger partial charge in [0.1, 0.15) is 10.6 Å². The van der Waals surface area contributed by atoms with E-state index in [0.717, 1.165) is 0 Å². The maximum atomic E-state index is 12.8. The predicted octanol–water partition coefficient (Wildman–Crippen LogP) is 0.607. The van der Waals surface area contributed by atoms with Gasteiger partial charge in [0.25, 0.3) is 0 Å². The van der Waals surface area contributed by atoms with Crippen LogP contribution < -0.4 is 4.74 Å². The van der Waals surface area contributed by atoms with Gasteiger partial charge in [0.05, 0.1) is 18.2 Å². The van der Waals surface area contributed by atoms with Gasteiger partial charge in [-0.2, -0.15) is 13.7 Å². The SMILES string of the molecule is CCn1cc(S(=O)(=O)N2CCN(S(=O)(=O)c3ccc(OC)cc3)CC2)cn1. The van der Waals surface area contributed by atoms with Crippen LogP contribution in [0.1, 0.15) is 6.92 Å². The second kappa shape index (κ2) is 7.58. The summed E-state index contributed by atoms with van der Waals surface area (Å²) in [6, 6.07) is 6.13. The molecule has 1 fully saturated rings. The molecule has 0 unspecified atom stereocenters. The Bertz CT molecular complexity index is 992. The van der Waals surface area contributed by atoms with Crippen LogP contribution in [0.15, 0.2) is 46.5 Å². The van der Waals surface area contributed by atoms with Crippen LogP contribution in [0.5, 0.6) is 5.75 Å². The maximum absolute atomic E-state index is 12.8. The number of hydrogen-bond donors (Lipinski definition) is 0. The minimum absolute atomic E-state index is 0.0923. The fourth-order valence-electron chi connectivity index (χ4n) is 2.85. The maximum Gasteiger partial charge on any atom is 0.246 e. The van der Waals surface area contributed by atoms with Gasteiger partial charge in [0.15, 0.2) is 0 Å². The van der Waals surface area contributed by atoms with E-state index in [1.54, 1.807) is 12.1 Å². The molecule has 0 bridgehead atoms. The molecule has 27 heavy (non-hydrogen) atoms. The number of aryl methyl sites for hydroxylation is 1. The average Bonchev–Trinajstić information content (AvgIpc) is 3.18. The van der Waals surface area contributed by atoms with E-state index in [2.05, 4.69) is 5.10 Å². The van der Waals surface area contributed by atoms with Crippen LogP contribution in [0.4, 0.5) is 0 Å². The lowest BCUT2D eigenvalue weighted by atomic mass is 10.3. The number of hydrogen-bond acceptors (Lipinski definition) is 6. The summed E-state index contributed by atoms with van der Waals surface area (Å²) in [6.45, 7) is 2.81. The fraction of sp³-hybridized carbons (Fsp3) is 0.438. The molecular weight excluding hydrogens is 392 g/mol. The van der Waals surface area contributed by atoms with E-state index in [-0.39, 0.29) is 36.0 Å². The standard InChI is InChI=1S/C16H22N4O5S2/c1-3-18-13-16(12-17-18)27(23,24)20-10-8-19(9-11-20)26(21,22)15-6-4-14(25-2)5-7-15/h4-7,12-13H,3,8-11H2,1-2H3. The van der Waals surface area contributed by atoms with Crippen molar-refractivity contribution in [3.8, 4) is 5.75 Å². The number of methoxy groups -OCH3 is 1. The number of nitrogens with zero attached hydrogens (tertiary/aromatic N) is 4. The van der Waals surface area contributed by atoms with E-state index in [4.69, 9.17) is 4.74 Å². The fourth-order valence-corrected chi connectivity index (χ4v) is 5.65. The molecule has 1 aromatic carbocycles. The van der Waals surface area contributed by atoms with Crippen LogP contribution >= 0.6 is 0 Å². The topological polar surface area (TPSA) is 102 Å². The number of sulfonamides is 2. The summed E-state index contributed by atoms with van der Waals surface area (Å²) >= 11 is 0. The van der Waals surface area contributed by atoms with E-state index in [1.165, 1.54) is 44.9 Å². The number of benzene rings is 1. The van der Waals surface area contributed by atoms with Gasteiger partial charge in [-0.05, 0) is 31.2 Å². The summed E-state index contributed by atoms with van der Waals surface area (Å²) in [5.41, 5.74) is 0. The Kier molecular flexibility index (Phi) is 5.56. The molecule has 148 valence electrons. The molecule has 0 saturated carbocycles. The van der Waals surface area contributed by atoms with E-state index in [0.29, 0.717) is 12.3 Å². The molecule has 1 aromatic heterocycles. The van der Waals surface area contributed by atoms with Crippen molar-refractivity contribution in [1.29, 1.82) is 0 Å². The molecule has 11 heteroatoms. The minimum atomic E-state index is -3.68. The first-order chi connectivity index (χ1) is 12.8. The summed E-state index contributed by atoms with van der Waals surface area (Å²) in [5.74, 6) is 0.567. The molecule has 0 spiro atoms. The smallest absolute Gasteiger partial charge is 0.246 e. The summed E-state index contributed by atoms with van der Waals surface area (Å²) in [7, 11) is -5.86. The zero-order chi connectivity index (χ0) is 19.7. The molecule has 2 heterocycles. The third-order valence-electron chi connectivity index (χ3n) is 4.47. The van der Waals surface area contributed by atoms with Crippen molar-refractivity contribution in [3.05, 3.63) is 36.7 Å². The van der Waals surface area contributed by atoms with Gasteiger partial charge < -0.3 is 4.74 Å². The Labute approximate surface area is 159 Å². The lowest BCUT2D eigenvalue weighted by molar-refractivity contribution is 0.273. The molecule has 0 radical (unpaired) electrons. The second-order valence-corrected chi connectivity index (χ2v) is 9.89. The van der Waals surface area contributed by atoms with Gasteiger partial charge in [0.2, 0.25) is 20.0 Å². The van der Waals surface area contributed by atoms with E-state index < -0.39 is 20.0 Å². The molecule has 1 aliphatic heterocycles. The van der Waals surface area contributed by atoms with Crippen LogP contribution in [-0.4, -0.2) is 68.5 Å². The van der Waals surface area contributed by atoms with Gasteiger partial charge >= 0.3 is 0 Å². The lowest BCUT2D eigenvalue weighted by Gasteiger charge is -2.33. The first kappa shape index (κ1) is 19.8. The van der Waals surface area contributed by atoms with Crippen molar-refractivity contribution in [3.63, 3.8) is 0 Å². The van der Waals surface area contributed by atoms with Crippen LogP contribution in [0, 0.1) is 0 Å². The first-order valence-electron chi connectivity index (χ1n) is 8.46. The van der Waals surface area contributed by atoms with Crippen LogP contribution in [-0.2, 0) is 26.6 Å². The van der Waals surface area contributed by atoms with Crippen molar-refractivity contribution in [2.45, 2.75) is 23.3 Å². The number of ether oxygens (including phenoxy) is 1. The Morgan fingerprint density at radius 3 is 1.89 bits per heavy atom. The molecule has 0 atom stereocenters. The van der Waals surface area contributed by atoms with Gasteiger partial charge in [-0.15, -0.1) is 0 Å². The van der Waals surface area contributed by atoms with Crippen molar-refractivity contribution in [1.82, 2.24) is 18.4 Å². The molecule has 3 rings (SSSR count). The minimum Gasteiger partial charge on any atom is -0.497 e.